The number of carbonyl (C=O) groups excluding carboxylic acids is 1. The molecule has 0 spiro atoms. The summed E-state index contributed by atoms with van der Waals surface area (Å²) in [5, 5.41) is 8.71. The minimum Gasteiger partial charge on any atom is -0.496 e. The number of nitrogens with zero attached hydrogens (tertiary/aromatic N) is 1. The third kappa shape index (κ3) is 2.77. The Hall–Kier alpha value is -2.55. The molecular formula is C12H11FN2O3. The van der Waals surface area contributed by atoms with Crippen LogP contribution < -0.4 is 15.2 Å². The number of benzene rings is 1. The van der Waals surface area contributed by atoms with E-state index in [0.717, 1.165) is 12.1 Å². The number of nitrogens with two attached hydrogens (primary N) is 1. The number of rotatable bonds is 4. The van der Waals surface area contributed by atoms with Crippen LogP contribution >= 0.6 is 0 Å². The second kappa shape index (κ2) is 5.68. The second-order valence-electron chi connectivity index (χ2n) is 3.26. The zero-order valence-electron chi connectivity index (χ0n) is 9.86. The SMILES string of the molecule is COc1cc(OC)c(/C=C(/C#N)C(N)=O)cc1F. The van der Waals surface area contributed by atoms with Gasteiger partial charge in [0.2, 0.25) is 0 Å². The molecule has 0 bridgehead atoms. The van der Waals surface area contributed by atoms with Crippen molar-refractivity contribution in [3.8, 4) is 17.6 Å². The van der Waals surface area contributed by atoms with Crippen LogP contribution in [-0.4, -0.2) is 20.1 Å². The van der Waals surface area contributed by atoms with Crippen molar-refractivity contribution in [1.82, 2.24) is 0 Å². The molecule has 0 atom stereocenters. The van der Waals surface area contributed by atoms with Crippen LogP contribution in [0.1, 0.15) is 5.56 Å². The molecule has 5 nitrogen and oxygen atoms in total. The molecule has 0 aromatic heterocycles. The predicted octanol–water partition coefficient (Wildman–Crippen LogP) is 1.24. The average Bonchev–Trinajstić information content (AvgIpc) is 2.35. The molecule has 1 rings (SSSR count). The summed E-state index contributed by atoms with van der Waals surface area (Å²) in [7, 11) is 2.69. The first kappa shape index (κ1) is 13.5. The number of amides is 1. The van der Waals surface area contributed by atoms with E-state index in [9.17, 15) is 9.18 Å². The Balaban J connectivity index is 3.37. The Morgan fingerprint density at radius 3 is 2.44 bits per heavy atom. The van der Waals surface area contributed by atoms with Crippen molar-refractivity contribution in [2.24, 2.45) is 5.73 Å². The molecule has 0 unspecified atom stereocenters. The van der Waals surface area contributed by atoms with Crippen molar-refractivity contribution in [2.45, 2.75) is 0 Å². The summed E-state index contributed by atoms with van der Waals surface area (Å²) in [5.74, 6) is -1.26. The summed E-state index contributed by atoms with van der Waals surface area (Å²) in [4.78, 5) is 10.9. The highest BCUT2D eigenvalue weighted by Gasteiger charge is 2.12. The Morgan fingerprint density at radius 1 is 1.39 bits per heavy atom. The Kier molecular flexibility index (Phi) is 4.27. The number of hydrogen-bond donors (Lipinski definition) is 1. The van der Waals surface area contributed by atoms with Gasteiger partial charge in [0.15, 0.2) is 11.6 Å². The lowest BCUT2D eigenvalue weighted by molar-refractivity contribution is -0.114. The first-order valence-electron chi connectivity index (χ1n) is 4.86. The fourth-order valence-electron chi connectivity index (χ4n) is 1.31. The maximum Gasteiger partial charge on any atom is 0.259 e. The van der Waals surface area contributed by atoms with Gasteiger partial charge in [0.05, 0.1) is 14.2 Å². The largest absolute Gasteiger partial charge is 0.496 e. The van der Waals surface area contributed by atoms with Gasteiger partial charge in [-0.1, -0.05) is 0 Å². The summed E-state index contributed by atoms with van der Waals surface area (Å²) in [6.45, 7) is 0. The number of hydrogen-bond acceptors (Lipinski definition) is 4. The smallest absolute Gasteiger partial charge is 0.259 e. The maximum absolute atomic E-state index is 13.5. The molecule has 1 aromatic rings. The minimum absolute atomic E-state index is 0.00147. The third-order valence-electron chi connectivity index (χ3n) is 2.19. The van der Waals surface area contributed by atoms with Gasteiger partial charge in [0, 0.05) is 11.6 Å². The van der Waals surface area contributed by atoms with Gasteiger partial charge >= 0.3 is 0 Å². The predicted molar refractivity (Wildman–Crippen MR) is 62.3 cm³/mol. The Labute approximate surface area is 103 Å². The van der Waals surface area contributed by atoms with Crippen molar-refractivity contribution in [3.63, 3.8) is 0 Å². The van der Waals surface area contributed by atoms with Crippen molar-refractivity contribution < 1.29 is 18.7 Å². The van der Waals surface area contributed by atoms with Gasteiger partial charge in [-0.2, -0.15) is 5.26 Å². The minimum atomic E-state index is -0.893. The molecule has 1 amide bonds. The molecule has 1 aromatic carbocycles. The zero-order chi connectivity index (χ0) is 13.7. The van der Waals surface area contributed by atoms with Gasteiger partial charge in [-0.15, -0.1) is 0 Å². The van der Waals surface area contributed by atoms with E-state index in [1.165, 1.54) is 20.3 Å². The van der Waals surface area contributed by atoms with Gasteiger partial charge in [0.25, 0.3) is 5.91 Å². The van der Waals surface area contributed by atoms with E-state index in [1.807, 2.05) is 0 Å². The molecule has 0 aliphatic carbocycles. The van der Waals surface area contributed by atoms with E-state index >= 15 is 0 Å². The van der Waals surface area contributed by atoms with Gasteiger partial charge < -0.3 is 15.2 Å². The quantitative estimate of drug-likeness (QED) is 0.643. The van der Waals surface area contributed by atoms with Crippen LogP contribution in [0.4, 0.5) is 4.39 Å². The lowest BCUT2D eigenvalue weighted by Crippen LogP contribution is -2.12. The first-order valence-corrected chi connectivity index (χ1v) is 4.86. The molecule has 94 valence electrons. The zero-order valence-corrected chi connectivity index (χ0v) is 9.86. The molecule has 6 heteroatoms. The second-order valence-corrected chi connectivity index (χ2v) is 3.26. The van der Waals surface area contributed by atoms with E-state index in [-0.39, 0.29) is 22.6 Å². The Bertz CT molecular complexity index is 547. The summed E-state index contributed by atoms with van der Waals surface area (Å²) in [6.07, 6.45) is 1.16. The van der Waals surface area contributed by atoms with Crippen LogP contribution in [0.15, 0.2) is 17.7 Å². The lowest BCUT2D eigenvalue weighted by Gasteiger charge is -2.08. The van der Waals surface area contributed by atoms with Crippen molar-refractivity contribution in [1.29, 1.82) is 5.26 Å². The van der Waals surface area contributed by atoms with E-state index in [2.05, 4.69) is 0 Å². The van der Waals surface area contributed by atoms with Gasteiger partial charge in [0.1, 0.15) is 17.4 Å². The summed E-state index contributed by atoms with van der Waals surface area (Å²) in [5.41, 5.74) is 4.93. The van der Waals surface area contributed by atoms with E-state index in [0.29, 0.717) is 0 Å². The molecule has 0 heterocycles. The Morgan fingerprint density at radius 2 is 2.00 bits per heavy atom. The van der Waals surface area contributed by atoms with Crippen molar-refractivity contribution in [3.05, 3.63) is 29.1 Å². The lowest BCUT2D eigenvalue weighted by atomic mass is 10.1. The number of methoxy groups -OCH3 is 2. The highest BCUT2D eigenvalue weighted by molar-refractivity contribution is 6.00. The van der Waals surface area contributed by atoms with E-state index in [4.69, 9.17) is 20.5 Å². The molecule has 0 fully saturated rings. The topological polar surface area (TPSA) is 85.3 Å². The van der Waals surface area contributed by atoms with Crippen LogP contribution in [0.25, 0.3) is 6.08 Å². The van der Waals surface area contributed by atoms with Gasteiger partial charge in [-0.05, 0) is 12.1 Å². The highest BCUT2D eigenvalue weighted by atomic mass is 19.1. The monoisotopic (exact) mass is 250 g/mol. The number of halogens is 1. The number of nitriles is 1. The number of primary amides is 1. The summed E-state index contributed by atoms with van der Waals surface area (Å²) in [6, 6.07) is 4.04. The molecule has 2 N–H and O–H groups in total. The molecular weight excluding hydrogens is 239 g/mol. The van der Waals surface area contributed by atoms with Crippen LogP contribution in [0.5, 0.6) is 11.5 Å². The molecule has 0 saturated carbocycles. The summed E-state index contributed by atoms with van der Waals surface area (Å²) >= 11 is 0. The van der Waals surface area contributed by atoms with Crippen LogP contribution in [0.2, 0.25) is 0 Å². The summed E-state index contributed by atoms with van der Waals surface area (Å²) < 4.78 is 23.3. The highest BCUT2D eigenvalue weighted by Crippen LogP contribution is 2.29. The average molecular weight is 250 g/mol. The number of ether oxygens (including phenoxy) is 2. The van der Waals surface area contributed by atoms with Crippen molar-refractivity contribution in [2.75, 3.05) is 14.2 Å². The number of carbonyl (C=O) groups is 1. The van der Waals surface area contributed by atoms with Crippen LogP contribution in [0.3, 0.4) is 0 Å². The molecule has 0 aliphatic heterocycles. The maximum atomic E-state index is 13.5. The molecule has 0 aliphatic rings. The van der Waals surface area contributed by atoms with Crippen LogP contribution in [0, 0.1) is 17.1 Å². The molecule has 0 saturated heterocycles. The normalized spacial score (nSPS) is 10.7. The fraction of sp³-hybridized carbons (Fsp3) is 0.167. The standard InChI is InChI=1S/C12H11FN2O3/c1-17-10-5-11(18-2)9(13)4-7(10)3-8(6-14)12(15)16/h3-5H,1-2H3,(H2,15,16)/b8-3-. The van der Waals surface area contributed by atoms with Crippen molar-refractivity contribution >= 4 is 12.0 Å². The van der Waals surface area contributed by atoms with E-state index in [1.54, 1.807) is 6.07 Å². The van der Waals surface area contributed by atoms with Gasteiger partial charge in [-0.25, -0.2) is 4.39 Å². The first-order chi connectivity index (χ1) is 8.53. The molecule has 18 heavy (non-hydrogen) atoms. The molecule has 0 radical (unpaired) electrons. The van der Waals surface area contributed by atoms with E-state index < -0.39 is 11.7 Å². The van der Waals surface area contributed by atoms with Gasteiger partial charge in [-0.3, -0.25) is 4.79 Å². The fourth-order valence-corrected chi connectivity index (χ4v) is 1.31. The third-order valence-corrected chi connectivity index (χ3v) is 2.19. The van der Waals surface area contributed by atoms with Crippen LogP contribution in [-0.2, 0) is 4.79 Å².